The lowest BCUT2D eigenvalue weighted by Crippen LogP contribution is -2.38. The van der Waals surface area contributed by atoms with Crippen LogP contribution < -0.4 is 10.6 Å². The predicted octanol–water partition coefficient (Wildman–Crippen LogP) is 4.25. The van der Waals surface area contributed by atoms with E-state index in [1.54, 1.807) is 6.26 Å². The summed E-state index contributed by atoms with van der Waals surface area (Å²) >= 11 is 0. The van der Waals surface area contributed by atoms with E-state index in [0.717, 1.165) is 53.5 Å². The van der Waals surface area contributed by atoms with Crippen LogP contribution in [0.5, 0.6) is 0 Å². The molecule has 0 spiro atoms. The first-order chi connectivity index (χ1) is 11.8. The molecule has 0 unspecified atom stereocenters. The highest BCUT2D eigenvalue weighted by atomic mass is 127. The van der Waals surface area contributed by atoms with Crippen molar-refractivity contribution >= 4 is 40.9 Å². The van der Waals surface area contributed by atoms with Gasteiger partial charge in [0.2, 0.25) is 0 Å². The topological polar surface area (TPSA) is 62.7 Å². The quantitative estimate of drug-likeness (QED) is 0.333. The van der Waals surface area contributed by atoms with Crippen LogP contribution in [0.25, 0.3) is 11.0 Å². The van der Waals surface area contributed by atoms with Gasteiger partial charge in [-0.25, -0.2) is 4.99 Å². The Morgan fingerprint density at radius 3 is 2.68 bits per heavy atom. The molecule has 25 heavy (non-hydrogen) atoms. The highest BCUT2D eigenvalue weighted by Crippen LogP contribution is 2.25. The molecule has 0 amide bonds. The number of halogens is 1. The lowest BCUT2D eigenvalue weighted by molar-refractivity contribution is 0.506. The van der Waals surface area contributed by atoms with Gasteiger partial charge in [0.1, 0.15) is 23.6 Å². The van der Waals surface area contributed by atoms with Gasteiger partial charge in [0.15, 0.2) is 5.96 Å². The van der Waals surface area contributed by atoms with Gasteiger partial charge in [0.25, 0.3) is 0 Å². The van der Waals surface area contributed by atoms with Crippen LogP contribution in [0.1, 0.15) is 24.0 Å². The zero-order chi connectivity index (χ0) is 16.8. The summed E-state index contributed by atoms with van der Waals surface area (Å²) in [7, 11) is 0. The summed E-state index contributed by atoms with van der Waals surface area (Å²) in [6.45, 7) is 6.21. The molecule has 0 saturated heterocycles. The summed E-state index contributed by atoms with van der Waals surface area (Å²) in [5, 5.41) is 7.72. The number of rotatable bonds is 6. The Labute approximate surface area is 164 Å². The van der Waals surface area contributed by atoms with E-state index in [0.29, 0.717) is 6.54 Å². The summed E-state index contributed by atoms with van der Waals surface area (Å²) < 4.78 is 11.3. The van der Waals surface area contributed by atoms with Crippen molar-refractivity contribution in [3.05, 3.63) is 59.7 Å². The molecule has 5 nitrogen and oxygen atoms in total. The summed E-state index contributed by atoms with van der Waals surface area (Å²) in [4.78, 5) is 4.63. The van der Waals surface area contributed by atoms with E-state index in [-0.39, 0.29) is 24.0 Å². The number of benzene rings is 1. The number of aryl methyl sites for hydroxylation is 1. The molecular formula is C19H24IN3O2. The second-order valence-corrected chi connectivity index (χ2v) is 5.60. The van der Waals surface area contributed by atoms with Crippen LogP contribution in [-0.2, 0) is 13.0 Å². The van der Waals surface area contributed by atoms with Crippen molar-refractivity contribution in [2.24, 2.45) is 4.99 Å². The fraction of sp³-hybridized carbons (Fsp3) is 0.316. The first kappa shape index (κ1) is 19.4. The van der Waals surface area contributed by atoms with Gasteiger partial charge in [-0.05, 0) is 32.0 Å². The average Bonchev–Trinajstić information content (AvgIpc) is 3.21. The van der Waals surface area contributed by atoms with E-state index in [2.05, 4.69) is 35.5 Å². The van der Waals surface area contributed by atoms with Crippen LogP contribution in [-0.4, -0.2) is 19.0 Å². The molecule has 0 radical (unpaired) electrons. The van der Waals surface area contributed by atoms with Gasteiger partial charge in [0, 0.05) is 30.5 Å². The Kier molecular flexibility index (Phi) is 7.36. The third-order valence-electron chi connectivity index (χ3n) is 3.91. The molecule has 0 aliphatic rings. The molecule has 1 aromatic carbocycles. The van der Waals surface area contributed by atoms with E-state index < -0.39 is 0 Å². The van der Waals surface area contributed by atoms with Crippen molar-refractivity contribution in [2.45, 2.75) is 26.8 Å². The van der Waals surface area contributed by atoms with Crippen LogP contribution in [0.2, 0.25) is 0 Å². The van der Waals surface area contributed by atoms with Crippen LogP contribution in [0.15, 0.2) is 56.5 Å². The Morgan fingerprint density at radius 2 is 1.96 bits per heavy atom. The molecule has 2 N–H and O–H groups in total. The highest BCUT2D eigenvalue weighted by Gasteiger charge is 2.09. The van der Waals surface area contributed by atoms with Crippen molar-refractivity contribution in [3.8, 4) is 0 Å². The van der Waals surface area contributed by atoms with Gasteiger partial charge in [-0.1, -0.05) is 18.2 Å². The first-order valence-electron chi connectivity index (χ1n) is 8.29. The maximum absolute atomic E-state index is 5.91. The lowest BCUT2D eigenvalue weighted by Gasteiger charge is -2.10. The number of fused-ring (bicyclic) bond motifs is 1. The third kappa shape index (κ3) is 5.01. The van der Waals surface area contributed by atoms with E-state index in [1.807, 2.05) is 30.3 Å². The smallest absolute Gasteiger partial charge is 0.191 e. The minimum absolute atomic E-state index is 0. The Balaban J connectivity index is 0.00000225. The average molecular weight is 453 g/mol. The molecule has 3 rings (SSSR count). The SMILES string of the molecule is CCNC(=NCc1oc2ccccc2c1C)NCCc1ccco1.I. The normalized spacial score (nSPS) is 11.4. The van der Waals surface area contributed by atoms with E-state index in [1.165, 1.54) is 0 Å². The minimum Gasteiger partial charge on any atom is -0.469 e. The van der Waals surface area contributed by atoms with Crippen molar-refractivity contribution in [2.75, 3.05) is 13.1 Å². The van der Waals surface area contributed by atoms with Crippen molar-refractivity contribution in [1.29, 1.82) is 0 Å². The Bertz CT molecular complexity index is 809. The molecule has 2 aromatic heterocycles. The minimum atomic E-state index is 0. The highest BCUT2D eigenvalue weighted by molar-refractivity contribution is 14.0. The van der Waals surface area contributed by atoms with Crippen LogP contribution >= 0.6 is 24.0 Å². The molecule has 134 valence electrons. The monoisotopic (exact) mass is 453 g/mol. The van der Waals surface area contributed by atoms with Crippen LogP contribution in [0.3, 0.4) is 0 Å². The first-order valence-corrected chi connectivity index (χ1v) is 8.29. The largest absolute Gasteiger partial charge is 0.469 e. The van der Waals surface area contributed by atoms with E-state index in [4.69, 9.17) is 8.83 Å². The molecule has 0 atom stereocenters. The maximum atomic E-state index is 5.91. The van der Waals surface area contributed by atoms with Gasteiger partial charge in [-0.3, -0.25) is 0 Å². The number of para-hydroxylation sites is 1. The standard InChI is InChI=1S/C19H23N3O2.HI/c1-3-20-19(21-11-10-15-7-6-12-23-15)22-13-18-14(2)16-8-4-5-9-17(16)24-18;/h4-9,12H,3,10-11,13H2,1-2H3,(H2,20,21,22);1H. The van der Waals surface area contributed by atoms with Gasteiger partial charge >= 0.3 is 0 Å². The lowest BCUT2D eigenvalue weighted by atomic mass is 10.1. The summed E-state index contributed by atoms with van der Waals surface area (Å²) in [5.41, 5.74) is 2.07. The number of nitrogens with one attached hydrogen (secondary N) is 2. The molecule has 3 aromatic rings. The molecule has 0 saturated carbocycles. The third-order valence-corrected chi connectivity index (χ3v) is 3.91. The summed E-state index contributed by atoms with van der Waals surface area (Å²) in [6, 6.07) is 12.0. The molecule has 6 heteroatoms. The van der Waals surface area contributed by atoms with Crippen LogP contribution in [0.4, 0.5) is 0 Å². The maximum Gasteiger partial charge on any atom is 0.191 e. The molecule has 0 aliphatic heterocycles. The second-order valence-electron chi connectivity index (χ2n) is 5.60. The molecule has 0 bridgehead atoms. The van der Waals surface area contributed by atoms with Crippen molar-refractivity contribution in [1.82, 2.24) is 10.6 Å². The van der Waals surface area contributed by atoms with Crippen molar-refractivity contribution < 1.29 is 8.83 Å². The van der Waals surface area contributed by atoms with Crippen molar-refractivity contribution in [3.63, 3.8) is 0 Å². The second kappa shape index (κ2) is 9.50. The number of hydrogen-bond acceptors (Lipinski definition) is 3. The number of guanidine groups is 1. The fourth-order valence-electron chi connectivity index (χ4n) is 2.63. The van der Waals surface area contributed by atoms with Crippen LogP contribution in [0, 0.1) is 6.92 Å². The zero-order valence-corrected chi connectivity index (χ0v) is 16.9. The number of aliphatic imine (C=N–C) groups is 1. The molecular weight excluding hydrogens is 429 g/mol. The molecule has 2 heterocycles. The van der Waals surface area contributed by atoms with Gasteiger partial charge in [-0.15, -0.1) is 24.0 Å². The Morgan fingerprint density at radius 1 is 1.12 bits per heavy atom. The fourth-order valence-corrected chi connectivity index (χ4v) is 2.63. The number of nitrogens with zero attached hydrogens (tertiary/aromatic N) is 1. The number of furan rings is 2. The summed E-state index contributed by atoms with van der Waals surface area (Å²) in [6.07, 6.45) is 2.51. The number of hydrogen-bond donors (Lipinski definition) is 2. The van der Waals surface area contributed by atoms with E-state index in [9.17, 15) is 0 Å². The zero-order valence-electron chi connectivity index (χ0n) is 14.5. The van der Waals surface area contributed by atoms with Gasteiger partial charge in [0.05, 0.1) is 6.26 Å². The summed E-state index contributed by atoms with van der Waals surface area (Å²) in [5.74, 6) is 2.65. The van der Waals surface area contributed by atoms with Gasteiger partial charge < -0.3 is 19.5 Å². The van der Waals surface area contributed by atoms with Gasteiger partial charge in [-0.2, -0.15) is 0 Å². The Hall–Kier alpha value is -1.96. The predicted molar refractivity (Wildman–Crippen MR) is 112 cm³/mol. The molecule has 0 aliphatic carbocycles. The van der Waals surface area contributed by atoms with E-state index >= 15 is 0 Å². The molecule has 0 fully saturated rings.